The van der Waals surface area contributed by atoms with Gasteiger partial charge in [-0.2, -0.15) is 13.2 Å². The Morgan fingerprint density at radius 2 is 1.77 bits per heavy atom. The van der Waals surface area contributed by atoms with Crippen molar-refractivity contribution in [1.82, 2.24) is 9.80 Å². The SMILES string of the molecule is CN(C)C(=O)c1ccc(OCC[C@H]2CC23CCN(C(=O)C2(c4ccccc4C(F)(F)F)CCC2)CC3)cc1Cl. The number of carbonyl (C=O) groups excluding carboxylic acids is 2. The van der Waals surface area contributed by atoms with Crippen LogP contribution in [0, 0.1) is 11.3 Å². The molecule has 0 N–H and O–H groups in total. The van der Waals surface area contributed by atoms with Crippen LogP contribution < -0.4 is 4.74 Å². The van der Waals surface area contributed by atoms with E-state index in [4.69, 9.17) is 16.3 Å². The molecule has 1 heterocycles. The van der Waals surface area contributed by atoms with Crippen molar-refractivity contribution < 1.29 is 27.5 Å². The monoisotopic (exact) mass is 562 g/mol. The lowest BCUT2D eigenvalue weighted by Crippen LogP contribution is -2.54. The molecule has 210 valence electrons. The summed E-state index contributed by atoms with van der Waals surface area (Å²) in [6.07, 6.45) is 0.915. The molecule has 5 nitrogen and oxygen atoms in total. The predicted octanol–water partition coefficient (Wildman–Crippen LogP) is 6.58. The molecular formula is C30H34ClF3N2O3. The zero-order valence-corrected chi connectivity index (χ0v) is 23.1. The maximum Gasteiger partial charge on any atom is 0.416 e. The van der Waals surface area contributed by atoms with Gasteiger partial charge in [-0.1, -0.05) is 36.2 Å². The van der Waals surface area contributed by atoms with Crippen molar-refractivity contribution in [2.75, 3.05) is 33.8 Å². The van der Waals surface area contributed by atoms with Crippen molar-refractivity contribution in [3.63, 3.8) is 0 Å². The first-order chi connectivity index (χ1) is 18.5. The largest absolute Gasteiger partial charge is 0.494 e. The Bertz CT molecular complexity index is 1250. The summed E-state index contributed by atoms with van der Waals surface area (Å²) in [5.74, 6) is 0.816. The summed E-state index contributed by atoms with van der Waals surface area (Å²) in [5, 5.41) is 0.355. The molecule has 0 unspecified atom stereocenters. The molecule has 39 heavy (non-hydrogen) atoms. The lowest BCUT2D eigenvalue weighted by Gasteiger charge is -2.46. The maximum absolute atomic E-state index is 13.7. The van der Waals surface area contributed by atoms with E-state index in [9.17, 15) is 22.8 Å². The van der Waals surface area contributed by atoms with Crippen molar-refractivity contribution in [1.29, 1.82) is 0 Å². The van der Waals surface area contributed by atoms with Gasteiger partial charge in [0.1, 0.15) is 5.75 Å². The first-order valence-electron chi connectivity index (χ1n) is 13.6. The van der Waals surface area contributed by atoms with Gasteiger partial charge in [-0.3, -0.25) is 9.59 Å². The minimum Gasteiger partial charge on any atom is -0.494 e. The van der Waals surface area contributed by atoms with E-state index in [1.807, 2.05) is 4.90 Å². The zero-order valence-electron chi connectivity index (χ0n) is 22.3. The Labute approximate surface area is 232 Å². The van der Waals surface area contributed by atoms with Crippen molar-refractivity contribution in [3.05, 3.63) is 64.2 Å². The Morgan fingerprint density at radius 3 is 2.36 bits per heavy atom. The average molecular weight is 563 g/mol. The number of ether oxygens (including phenoxy) is 1. The molecule has 9 heteroatoms. The van der Waals surface area contributed by atoms with Crippen molar-refractivity contribution in [2.24, 2.45) is 11.3 Å². The van der Waals surface area contributed by atoms with Crippen LogP contribution in [-0.4, -0.2) is 55.4 Å². The normalized spacial score (nSPS) is 21.3. The summed E-state index contributed by atoms with van der Waals surface area (Å²) in [4.78, 5) is 29.1. The Morgan fingerprint density at radius 1 is 1.08 bits per heavy atom. The molecule has 1 spiro atoms. The number of halogens is 4. The highest BCUT2D eigenvalue weighted by atomic mass is 35.5. The quantitative estimate of drug-likeness (QED) is 0.383. The standard InChI is InChI=1S/C30H34ClF3N2O3/c1-35(2)26(37)22-9-8-21(18-25(22)31)39-17-10-20-19-28(20)13-15-36(16-14-28)27(38)29(11-5-12-29)23-6-3-4-7-24(23)30(32,33)34/h3-4,6-9,18,20H,5,10-17,19H2,1-2H3/t20-/m0/s1. The van der Waals surface area contributed by atoms with Crippen LogP contribution in [0.1, 0.15) is 66.4 Å². The highest BCUT2D eigenvalue weighted by Gasteiger charge is 2.57. The summed E-state index contributed by atoms with van der Waals surface area (Å²) >= 11 is 6.28. The number of likely N-dealkylation sites (tertiary alicyclic amines) is 1. The number of hydrogen-bond donors (Lipinski definition) is 0. The van der Waals surface area contributed by atoms with E-state index in [-0.39, 0.29) is 22.8 Å². The third kappa shape index (κ3) is 5.24. The van der Waals surface area contributed by atoms with Crippen molar-refractivity contribution in [3.8, 4) is 5.75 Å². The molecule has 3 aliphatic rings. The molecule has 2 aromatic rings. The number of piperidine rings is 1. The number of alkyl halides is 3. The Kier molecular flexibility index (Phi) is 7.38. The zero-order chi connectivity index (χ0) is 28.0. The fourth-order valence-corrected chi connectivity index (χ4v) is 6.76. The van der Waals surface area contributed by atoms with Gasteiger partial charge in [-0.05, 0) is 79.7 Å². The smallest absolute Gasteiger partial charge is 0.416 e. The van der Waals surface area contributed by atoms with Gasteiger partial charge < -0.3 is 14.5 Å². The summed E-state index contributed by atoms with van der Waals surface area (Å²) in [6, 6.07) is 10.7. The van der Waals surface area contributed by atoms with Crippen LogP contribution in [0.4, 0.5) is 13.2 Å². The molecule has 0 aromatic heterocycles. The van der Waals surface area contributed by atoms with Crippen LogP contribution in [0.2, 0.25) is 5.02 Å². The van der Waals surface area contributed by atoms with Gasteiger partial charge in [0.05, 0.1) is 28.2 Å². The highest BCUT2D eigenvalue weighted by Crippen LogP contribution is 2.61. The molecule has 0 radical (unpaired) electrons. The average Bonchev–Trinajstić information content (AvgIpc) is 3.54. The van der Waals surface area contributed by atoms with Gasteiger partial charge in [0.15, 0.2) is 0 Å². The molecule has 1 atom stereocenters. The summed E-state index contributed by atoms with van der Waals surface area (Å²) < 4.78 is 47.2. The van der Waals surface area contributed by atoms with Crippen molar-refractivity contribution >= 4 is 23.4 Å². The second-order valence-corrected chi connectivity index (χ2v) is 11.9. The lowest BCUT2D eigenvalue weighted by molar-refractivity contribution is -0.146. The first-order valence-corrected chi connectivity index (χ1v) is 13.9. The van der Waals surface area contributed by atoms with Gasteiger partial charge in [0.25, 0.3) is 5.91 Å². The molecule has 1 saturated heterocycles. The maximum atomic E-state index is 13.7. The second kappa shape index (κ2) is 10.3. The number of rotatable bonds is 7. The van der Waals surface area contributed by atoms with E-state index in [2.05, 4.69) is 0 Å². The fourth-order valence-electron chi connectivity index (χ4n) is 6.51. The number of nitrogens with zero attached hydrogens (tertiary/aromatic N) is 2. The molecule has 3 fully saturated rings. The number of hydrogen-bond acceptors (Lipinski definition) is 3. The van der Waals surface area contributed by atoms with Gasteiger partial charge in [-0.15, -0.1) is 0 Å². The van der Waals surface area contributed by atoms with Crippen LogP contribution in [0.3, 0.4) is 0 Å². The molecular weight excluding hydrogens is 529 g/mol. The Balaban J connectivity index is 1.15. The first kappa shape index (κ1) is 27.8. The third-order valence-corrected chi connectivity index (χ3v) is 9.39. The van der Waals surface area contributed by atoms with Gasteiger partial charge >= 0.3 is 6.18 Å². The highest BCUT2D eigenvalue weighted by molar-refractivity contribution is 6.34. The van der Waals surface area contributed by atoms with Crippen LogP contribution in [0.5, 0.6) is 5.75 Å². The molecule has 2 saturated carbocycles. The van der Waals surface area contributed by atoms with Gasteiger partial charge in [0, 0.05) is 27.2 Å². The third-order valence-electron chi connectivity index (χ3n) is 9.08. The van der Waals surface area contributed by atoms with E-state index in [0.29, 0.717) is 54.8 Å². The topological polar surface area (TPSA) is 49.9 Å². The van der Waals surface area contributed by atoms with Gasteiger partial charge in [-0.25, -0.2) is 0 Å². The molecule has 2 aliphatic carbocycles. The van der Waals surface area contributed by atoms with E-state index >= 15 is 0 Å². The molecule has 1 aliphatic heterocycles. The summed E-state index contributed by atoms with van der Waals surface area (Å²) in [5.41, 5.74) is -0.983. The van der Waals surface area contributed by atoms with E-state index < -0.39 is 17.2 Å². The minimum atomic E-state index is -4.48. The number of carbonyl (C=O) groups is 2. The van der Waals surface area contributed by atoms with Crippen LogP contribution in [0.15, 0.2) is 42.5 Å². The summed E-state index contributed by atoms with van der Waals surface area (Å²) in [7, 11) is 3.35. The number of amides is 2. The molecule has 5 rings (SSSR count). The van der Waals surface area contributed by atoms with Crippen LogP contribution in [-0.2, 0) is 16.4 Å². The second-order valence-electron chi connectivity index (χ2n) is 11.5. The number of benzene rings is 2. The fraction of sp³-hybridized carbons (Fsp3) is 0.533. The summed E-state index contributed by atoms with van der Waals surface area (Å²) in [6.45, 7) is 1.70. The minimum absolute atomic E-state index is 0.134. The van der Waals surface area contributed by atoms with Crippen LogP contribution >= 0.6 is 11.6 Å². The molecule has 0 bridgehead atoms. The molecule has 2 aromatic carbocycles. The lowest BCUT2D eigenvalue weighted by atomic mass is 9.62. The predicted molar refractivity (Wildman–Crippen MR) is 143 cm³/mol. The van der Waals surface area contributed by atoms with Gasteiger partial charge in [0.2, 0.25) is 5.91 Å². The van der Waals surface area contributed by atoms with E-state index in [1.54, 1.807) is 38.4 Å². The van der Waals surface area contributed by atoms with E-state index in [0.717, 1.165) is 38.2 Å². The Hall–Kier alpha value is -2.74. The van der Waals surface area contributed by atoms with Crippen LogP contribution in [0.25, 0.3) is 0 Å². The van der Waals surface area contributed by atoms with Crippen molar-refractivity contribution in [2.45, 2.75) is 56.5 Å². The van der Waals surface area contributed by atoms with E-state index in [1.165, 1.54) is 17.0 Å². The molecule has 2 amide bonds.